The number of anilines is 2. The molecule has 0 aliphatic carbocycles. The van der Waals surface area contributed by atoms with Crippen molar-refractivity contribution in [1.29, 1.82) is 0 Å². The number of methoxy groups -OCH3 is 1. The fraction of sp³-hybridized carbons (Fsp3) is 0.269. The van der Waals surface area contributed by atoms with Crippen LogP contribution in [0.25, 0.3) is 10.2 Å². The Morgan fingerprint density at radius 3 is 2.74 bits per heavy atom. The van der Waals surface area contributed by atoms with E-state index in [1.54, 1.807) is 24.1 Å². The molecule has 2 aromatic heterocycles. The van der Waals surface area contributed by atoms with Crippen LogP contribution in [0.1, 0.15) is 40.2 Å². The van der Waals surface area contributed by atoms with Gasteiger partial charge in [-0.05, 0) is 49.6 Å². The van der Waals surface area contributed by atoms with Gasteiger partial charge in [-0.2, -0.15) is 5.10 Å². The summed E-state index contributed by atoms with van der Waals surface area (Å²) in [7, 11) is 1.59. The summed E-state index contributed by atoms with van der Waals surface area (Å²) in [6.45, 7) is 3.27. The molecule has 7 nitrogen and oxygen atoms in total. The summed E-state index contributed by atoms with van der Waals surface area (Å²) in [5, 5.41) is 8.64. The molecule has 4 aromatic rings. The third-order valence-electron chi connectivity index (χ3n) is 6.06. The Labute approximate surface area is 201 Å². The van der Waals surface area contributed by atoms with E-state index >= 15 is 0 Å². The predicted molar refractivity (Wildman–Crippen MR) is 135 cm³/mol. The minimum Gasteiger partial charge on any atom is -0.495 e. The maximum atomic E-state index is 13.1. The Bertz CT molecular complexity index is 1360. The van der Waals surface area contributed by atoms with Crippen molar-refractivity contribution < 1.29 is 14.3 Å². The molecule has 0 radical (unpaired) electrons. The first-order valence-corrected chi connectivity index (χ1v) is 12.2. The number of carbonyl (C=O) groups excluding carboxylic acids is 2. The standard InChI is InChI=1S/C26H26N4O3S/c1-17-20-15-23(34-26(20)30(28-17)16-18-8-4-3-5-9-18)25(32)27-19-11-12-22(33-2)21(14-19)29-13-7-6-10-24(29)31/h3-5,8-9,11-12,14-15H,6-7,10,13,16H2,1-2H3,(H,27,32). The highest BCUT2D eigenvalue weighted by atomic mass is 32.1. The molecule has 1 N–H and O–H groups in total. The highest BCUT2D eigenvalue weighted by molar-refractivity contribution is 7.20. The monoisotopic (exact) mass is 474 g/mol. The van der Waals surface area contributed by atoms with Crippen LogP contribution in [0.4, 0.5) is 11.4 Å². The number of amides is 2. The Kier molecular flexibility index (Phi) is 6.06. The molecule has 5 rings (SSSR count). The molecule has 0 saturated carbocycles. The van der Waals surface area contributed by atoms with E-state index in [1.807, 2.05) is 41.9 Å². The molecule has 3 heterocycles. The number of aromatic nitrogens is 2. The van der Waals surface area contributed by atoms with E-state index in [0.29, 0.717) is 41.5 Å². The van der Waals surface area contributed by atoms with Crippen LogP contribution in [-0.2, 0) is 11.3 Å². The van der Waals surface area contributed by atoms with Gasteiger partial charge in [0.15, 0.2) is 0 Å². The molecule has 1 fully saturated rings. The Morgan fingerprint density at radius 1 is 1.15 bits per heavy atom. The number of hydrogen-bond donors (Lipinski definition) is 1. The highest BCUT2D eigenvalue weighted by Gasteiger charge is 2.23. The van der Waals surface area contributed by atoms with E-state index in [4.69, 9.17) is 4.74 Å². The number of fused-ring (bicyclic) bond motifs is 1. The lowest BCUT2D eigenvalue weighted by Gasteiger charge is -2.28. The Balaban J connectivity index is 1.40. The van der Waals surface area contributed by atoms with Gasteiger partial charge in [0.1, 0.15) is 10.6 Å². The number of ether oxygens (including phenoxy) is 1. The van der Waals surface area contributed by atoms with Crippen molar-refractivity contribution in [2.75, 3.05) is 23.9 Å². The molecule has 2 aromatic carbocycles. The van der Waals surface area contributed by atoms with Crippen LogP contribution in [0.15, 0.2) is 54.6 Å². The topological polar surface area (TPSA) is 76.5 Å². The number of aryl methyl sites for hydroxylation is 1. The molecule has 1 aliphatic heterocycles. The molecule has 8 heteroatoms. The van der Waals surface area contributed by atoms with Crippen molar-refractivity contribution in [3.63, 3.8) is 0 Å². The van der Waals surface area contributed by atoms with Crippen LogP contribution >= 0.6 is 11.3 Å². The number of carbonyl (C=O) groups is 2. The van der Waals surface area contributed by atoms with Gasteiger partial charge in [-0.1, -0.05) is 30.3 Å². The van der Waals surface area contributed by atoms with Crippen LogP contribution < -0.4 is 15.0 Å². The van der Waals surface area contributed by atoms with Crippen molar-refractivity contribution >= 4 is 44.7 Å². The zero-order chi connectivity index (χ0) is 23.7. The van der Waals surface area contributed by atoms with E-state index < -0.39 is 0 Å². The number of hydrogen-bond acceptors (Lipinski definition) is 5. The lowest BCUT2D eigenvalue weighted by atomic mass is 10.1. The first kappa shape index (κ1) is 22.2. The van der Waals surface area contributed by atoms with Crippen molar-refractivity contribution in [3.05, 3.63) is 70.7 Å². The van der Waals surface area contributed by atoms with Crippen LogP contribution in [0.2, 0.25) is 0 Å². The van der Waals surface area contributed by atoms with E-state index in [1.165, 1.54) is 11.3 Å². The number of nitrogens with one attached hydrogen (secondary N) is 1. The summed E-state index contributed by atoms with van der Waals surface area (Å²) >= 11 is 1.43. The first-order valence-electron chi connectivity index (χ1n) is 11.3. The summed E-state index contributed by atoms with van der Waals surface area (Å²) in [4.78, 5) is 28.9. The number of benzene rings is 2. The van der Waals surface area contributed by atoms with Gasteiger partial charge in [0, 0.05) is 24.0 Å². The molecule has 34 heavy (non-hydrogen) atoms. The average molecular weight is 475 g/mol. The molecule has 0 spiro atoms. The maximum Gasteiger partial charge on any atom is 0.265 e. The minimum atomic E-state index is -0.187. The molecular formula is C26H26N4O3S. The fourth-order valence-corrected chi connectivity index (χ4v) is 5.38. The second-order valence-corrected chi connectivity index (χ2v) is 9.43. The van der Waals surface area contributed by atoms with Crippen molar-refractivity contribution in [2.24, 2.45) is 0 Å². The second kappa shape index (κ2) is 9.30. The van der Waals surface area contributed by atoms with Crippen LogP contribution in [-0.4, -0.2) is 35.2 Å². The molecule has 1 saturated heterocycles. The lowest BCUT2D eigenvalue weighted by Crippen LogP contribution is -2.35. The maximum absolute atomic E-state index is 13.1. The van der Waals surface area contributed by atoms with Gasteiger partial charge in [0.05, 0.1) is 29.9 Å². The van der Waals surface area contributed by atoms with E-state index in [0.717, 1.165) is 34.3 Å². The highest BCUT2D eigenvalue weighted by Crippen LogP contribution is 2.34. The van der Waals surface area contributed by atoms with Crippen LogP contribution in [0, 0.1) is 6.92 Å². The summed E-state index contributed by atoms with van der Waals surface area (Å²) < 4.78 is 7.44. The lowest BCUT2D eigenvalue weighted by molar-refractivity contribution is -0.119. The summed E-state index contributed by atoms with van der Waals surface area (Å²) in [6, 6.07) is 17.5. The normalized spacial score (nSPS) is 13.9. The Morgan fingerprint density at radius 2 is 1.97 bits per heavy atom. The summed E-state index contributed by atoms with van der Waals surface area (Å²) in [6.07, 6.45) is 2.38. The fourth-order valence-electron chi connectivity index (χ4n) is 4.32. The SMILES string of the molecule is COc1ccc(NC(=O)c2cc3c(C)nn(Cc4ccccc4)c3s2)cc1N1CCCCC1=O. The quantitative estimate of drug-likeness (QED) is 0.415. The van der Waals surface area contributed by atoms with Crippen molar-refractivity contribution in [2.45, 2.75) is 32.7 Å². The zero-order valence-electron chi connectivity index (χ0n) is 19.2. The van der Waals surface area contributed by atoms with Gasteiger partial charge < -0.3 is 15.0 Å². The molecule has 1 aliphatic rings. The predicted octanol–water partition coefficient (Wildman–Crippen LogP) is 5.23. The minimum absolute atomic E-state index is 0.0796. The zero-order valence-corrected chi connectivity index (χ0v) is 20.0. The van der Waals surface area contributed by atoms with Gasteiger partial charge in [0.2, 0.25) is 5.91 Å². The van der Waals surface area contributed by atoms with Crippen LogP contribution in [0.5, 0.6) is 5.75 Å². The second-order valence-electron chi connectivity index (χ2n) is 8.40. The van der Waals surface area contributed by atoms with Crippen LogP contribution in [0.3, 0.4) is 0 Å². The average Bonchev–Trinajstić information content (AvgIpc) is 3.41. The molecule has 0 bridgehead atoms. The van der Waals surface area contributed by atoms with Crippen molar-refractivity contribution in [1.82, 2.24) is 9.78 Å². The summed E-state index contributed by atoms with van der Waals surface area (Å²) in [5.74, 6) is 0.510. The Hall–Kier alpha value is -3.65. The van der Waals surface area contributed by atoms with Gasteiger partial charge in [-0.15, -0.1) is 11.3 Å². The first-order chi connectivity index (χ1) is 16.5. The van der Waals surface area contributed by atoms with E-state index in [2.05, 4.69) is 22.5 Å². The van der Waals surface area contributed by atoms with E-state index in [-0.39, 0.29) is 11.8 Å². The molecule has 2 amide bonds. The largest absolute Gasteiger partial charge is 0.495 e. The third kappa shape index (κ3) is 4.28. The summed E-state index contributed by atoms with van der Waals surface area (Å²) in [5.41, 5.74) is 3.37. The van der Waals surface area contributed by atoms with E-state index in [9.17, 15) is 9.59 Å². The molecule has 174 valence electrons. The van der Waals surface area contributed by atoms with Gasteiger partial charge in [-0.25, -0.2) is 0 Å². The smallest absolute Gasteiger partial charge is 0.265 e. The number of rotatable bonds is 6. The number of piperidine rings is 1. The van der Waals surface area contributed by atoms with Gasteiger partial charge in [0.25, 0.3) is 5.91 Å². The molecule has 0 unspecified atom stereocenters. The van der Waals surface area contributed by atoms with Gasteiger partial charge in [-0.3, -0.25) is 14.3 Å². The molecular weight excluding hydrogens is 448 g/mol. The van der Waals surface area contributed by atoms with Crippen molar-refractivity contribution in [3.8, 4) is 5.75 Å². The molecule has 0 atom stereocenters. The van der Waals surface area contributed by atoms with Gasteiger partial charge >= 0.3 is 0 Å². The third-order valence-corrected chi connectivity index (χ3v) is 7.20. The number of nitrogens with zero attached hydrogens (tertiary/aromatic N) is 3. The number of thiophene rings is 1.